The van der Waals surface area contributed by atoms with E-state index in [1.54, 1.807) is 24.3 Å². The average Bonchev–Trinajstić information content (AvgIpc) is 2.37. The SMILES string of the molecule is CC(=O)Nc1ccc(NC(=O)C(NC(C)=O)C(C)C)cc1. The maximum atomic E-state index is 12.2. The van der Waals surface area contributed by atoms with Gasteiger partial charge in [0.05, 0.1) is 0 Å². The average molecular weight is 291 g/mol. The van der Waals surface area contributed by atoms with Crippen LogP contribution in [-0.2, 0) is 14.4 Å². The summed E-state index contributed by atoms with van der Waals surface area (Å²) in [5.74, 6) is -0.692. The molecule has 21 heavy (non-hydrogen) atoms. The Hall–Kier alpha value is -2.37. The number of nitrogens with one attached hydrogen (secondary N) is 3. The number of hydrogen-bond acceptors (Lipinski definition) is 3. The summed E-state index contributed by atoms with van der Waals surface area (Å²) in [5, 5.41) is 8.02. The second kappa shape index (κ2) is 7.42. The third-order valence-electron chi connectivity index (χ3n) is 2.78. The zero-order valence-corrected chi connectivity index (χ0v) is 12.7. The summed E-state index contributed by atoms with van der Waals surface area (Å²) >= 11 is 0. The molecule has 0 aliphatic heterocycles. The van der Waals surface area contributed by atoms with Gasteiger partial charge in [-0.3, -0.25) is 14.4 Å². The van der Waals surface area contributed by atoms with Crippen molar-refractivity contribution in [2.75, 3.05) is 10.6 Å². The van der Waals surface area contributed by atoms with Crippen molar-refractivity contribution in [1.29, 1.82) is 0 Å². The molecule has 1 unspecified atom stereocenters. The number of hydrogen-bond donors (Lipinski definition) is 3. The van der Waals surface area contributed by atoms with E-state index in [0.29, 0.717) is 11.4 Å². The molecule has 3 N–H and O–H groups in total. The number of amides is 3. The molecule has 3 amide bonds. The van der Waals surface area contributed by atoms with Crippen molar-refractivity contribution in [3.8, 4) is 0 Å². The minimum atomic E-state index is -0.586. The van der Waals surface area contributed by atoms with Gasteiger partial charge in [-0.05, 0) is 30.2 Å². The number of benzene rings is 1. The fourth-order valence-corrected chi connectivity index (χ4v) is 1.81. The van der Waals surface area contributed by atoms with E-state index in [1.807, 2.05) is 13.8 Å². The van der Waals surface area contributed by atoms with Crippen LogP contribution >= 0.6 is 0 Å². The molecule has 0 aliphatic rings. The summed E-state index contributed by atoms with van der Waals surface area (Å²) in [6.07, 6.45) is 0. The highest BCUT2D eigenvalue weighted by molar-refractivity contribution is 5.97. The van der Waals surface area contributed by atoms with Crippen LogP contribution < -0.4 is 16.0 Å². The van der Waals surface area contributed by atoms with Gasteiger partial charge in [-0.25, -0.2) is 0 Å². The summed E-state index contributed by atoms with van der Waals surface area (Å²) < 4.78 is 0. The Kier molecular flexibility index (Phi) is 5.90. The van der Waals surface area contributed by atoms with Crippen LogP contribution in [0.2, 0.25) is 0 Å². The molecule has 0 aliphatic carbocycles. The third-order valence-corrected chi connectivity index (χ3v) is 2.78. The van der Waals surface area contributed by atoms with Gasteiger partial charge in [0.2, 0.25) is 17.7 Å². The Balaban J connectivity index is 2.72. The van der Waals surface area contributed by atoms with Crippen molar-refractivity contribution in [3.05, 3.63) is 24.3 Å². The Morgan fingerprint density at radius 3 is 1.71 bits per heavy atom. The molecule has 0 spiro atoms. The lowest BCUT2D eigenvalue weighted by atomic mass is 10.0. The molecule has 114 valence electrons. The fraction of sp³-hybridized carbons (Fsp3) is 0.400. The number of anilines is 2. The highest BCUT2D eigenvalue weighted by atomic mass is 16.2. The molecule has 6 heteroatoms. The molecule has 6 nitrogen and oxygen atoms in total. The van der Waals surface area contributed by atoms with Crippen LogP contribution in [0.5, 0.6) is 0 Å². The second-order valence-electron chi connectivity index (χ2n) is 5.17. The molecule has 0 fully saturated rings. The summed E-state index contributed by atoms with van der Waals surface area (Å²) in [5.41, 5.74) is 1.26. The molecular formula is C15H21N3O3. The minimum Gasteiger partial charge on any atom is -0.344 e. The minimum absolute atomic E-state index is 0.0208. The van der Waals surface area contributed by atoms with E-state index in [1.165, 1.54) is 13.8 Å². The maximum absolute atomic E-state index is 12.2. The van der Waals surface area contributed by atoms with E-state index < -0.39 is 6.04 Å². The van der Waals surface area contributed by atoms with Crippen molar-refractivity contribution in [3.63, 3.8) is 0 Å². The van der Waals surface area contributed by atoms with E-state index in [-0.39, 0.29) is 23.6 Å². The molecular weight excluding hydrogens is 270 g/mol. The topological polar surface area (TPSA) is 87.3 Å². The number of carbonyl (C=O) groups is 3. The summed E-state index contributed by atoms with van der Waals surface area (Å²) in [6.45, 7) is 6.53. The predicted octanol–water partition coefficient (Wildman–Crippen LogP) is 1.74. The lowest BCUT2D eigenvalue weighted by molar-refractivity contribution is -0.126. The van der Waals surface area contributed by atoms with Crippen molar-refractivity contribution in [2.24, 2.45) is 5.92 Å². The van der Waals surface area contributed by atoms with E-state index in [4.69, 9.17) is 0 Å². The standard InChI is InChI=1S/C15H21N3O3/c1-9(2)14(17-11(4)20)15(21)18-13-7-5-12(6-8-13)16-10(3)19/h5-9,14H,1-4H3,(H,16,19)(H,17,20)(H,18,21). The first-order chi connectivity index (χ1) is 9.79. The van der Waals surface area contributed by atoms with E-state index in [2.05, 4.69) is 16.0 Å². The summed E-state index contributed by atoms with van der Waals surface area (Å²) in [6, 6.07) is 6.18. The van der Waals surface area contributed by atoms with Gasteiger partial charge in [-0.2, -0.15) is 0 Å². The molecule has 0 radical (unpaired) electrons. The predicted molar refractivity (Wildman–Crippen MR) is 81.8 cm³/mol. The van der Waals surface area contributed by atoms with Crippen LogP contribution in [0.3, 0.4) is 0 Å². The number of carbonyl (C=O) groups excluding carboxylic acids is 3. The highest BCUT2D eigenvalue weighted by Gasteiger charge is 2.22. The van der Waals surface area contributed by atoms with Crippen LogP contribution in [0.4, 0.5) is 11.4 Å². The van der Waals surface area contributed by atoms with Crippen molar-refractivity contribution in [1.82, 2.24) is 5.32 Å². The van der Waals surface area contributed by atoms with E-state index in [9.17, 15) is 14.4 Å². The van der Waals surface area contributed by atoms with Gasteiger partial charge in [0.1, 0.15) is 6.04 Å². The molecule has 0 bridgehead atoms. The van der Waals surface area contributed by atoms with Crippen molar-refractivity contribution in [2.45, 2.75) is 33.7 Å². The number of rotatable bonds is 5. The molecule has 0 saturated carbocycles. The second-order valence-corrected chi connectivity index (χ2v) is 5.17. The maximum Gasteiger partial charge on any atom is 0.247 e. The zero-order chi connectivity index (χ0) is 16.0. The van der Waals surface area contributed by atoms with Crippen molar-refractivity contribution < 1.29 is 14.4 Å². The van der Waals surface area contributed by atoms with Gasteiger partial charge in [0.15, 0.2) is 0 Å². The molecule has 1 atom stereocenters. The van der Waals surface area contributed by atoms with Gasteiger partial charge in [-0.15, -0.1) is 0 Å². The first-order valence-corrected chi connectivity index (χ1v) is 6.75. The van der Waals surface area contributed by atoms with Crippen LogP contribution in [0.25, 0.3) is 0 Å². The van der Waals surface area contributed by atoms with Gasteiger partial charge in [-0.1, -0.05) is 13.8 Å². The van der Waals surface area contributed by atoms with Gasteiger partial charge in [0, 0.05) is 25.2 Å². The lowest BCUT2D eigenvalue weighted by Crippen LogP contribution is -2.46. The molecule has 1 aromatic carbocycles. The van der Waals surface area contributed by atoms with Gasteiger partial charge < -0.3 is 16.0 Å². The van der Waals surface area contributed by atoms with Crippen LogP contribution in [0.15, 0.2) is 24.3 Å². The Morgan fingerprint density at radius 1 is 0.857 bits per heavy atom. The first-order valence-electron chi connectivity index (χ1n) is 6.75. The smallest absolute Gasteiger partial charge is 0.247 e. The van der Waals surface area contributed by atoms with Crippen LogP contribution in [0, 0.1) is 5.92 Å². The summed E-state index contributed by atoms with van der Waals surface area (Å²) in [4.78, 5) is 34.2. The summed E-state index contributed by atoms with van der Waals surface area (Å²) in [7, 11) is 0. The Morgan fingerprint density at radius 2 is 1.33 bits per heavy atom. The quantitative estimate of drug-likeness (QED) is 0.772. The molecule has 1 aromatic rings. The largest absolute Gasteiger partial charge is 0.344 e. The first kappa shape index (κ1) is 16.7. The zero-order valence-electron chi connectivity index (χ0n) is 12.7. The molecule has 1 rings (SSSR count). The fourth-order valence-electron chi connectivity index (χ4n) is 1.81. The lowest BCUT2D eigenvalue weighted by Gasteiger charge is -2.21. The highest BCUT2D eigenvalue weighted by Crippen LogP contribution is 2.14. The Bertz CT molecular complexity index is 523. The van der Waals surface area contributed by atoms with Crippen molar-refractivity contribution >= 4 is 29.1 Å². The van der Waals surface area contributed by atoms with Crippen LogP contribution in [-0.4, -0.2) is 23.8 Å². The van der Waals surface area contributed by atoms with E-state index in [0.717, 1.165) is 0 Å². The molecule has 0 saturated heterocycles. The third kappa shape index (κ3) is 5.64. The molecule has 0 heterocycles. The monoisotopic (exact) mass is 291 g/mol. The van der Waals surface area contributed by atoms with Crippen LogP contribution in [0.1, 0.15) is 27.7 Å². The normalized spacial score (nSPS) is 11.7. The van der Waals surface area contributed by atoms with Gasteiger partial charge in [0.25, 0.3) is 0 Å². The molecule has 0 aromatic heterocycles. The van der Waals surface area contributed by atoms with E-state index >= 15 is 0 Å². The Labute approximate surface area is 124 Å². The van der Waals surface area contributed by atoms with Gasteiger partial charge >= 0.3 is 0 Å².